The Morgan fingerprint density at radius 2 is 2.08 bits per heavy atom. The largest absolute Gasteiger partial charge is 0.494 e. The lowest BCUT2D eigenvalue weighted by atomic mass is 10.1. The van der Waals surface area contributed by atoms with E-state index in [0.717, 1.165) is 0 Å². The van der Waals surface area contributed by atoms with Crippen molar-refractivity contribution in [2.75, 3.05) is 23.9 Å². The second-order valence-electron chi connectivity index (χ2n) is 5.75. The van der Waals surface area contributed by atoms with E-state index >= 15 is 0 Å². The van der Waals surface area contributed by atoms with Crippen LogP contribution >= 0.6 is 0 Å². The van der Waals surface area contributed by atoms with Gasteiger partial charge in [0.25, 0.3) is 11.8 Å². The quantitative estimate of drug-likeness (QED) is 0.929. The number of carbonyl (C=O) groups excluding carboxylic acids is 2. The highest BCUT2D eigenvalue weighted by Gasteiger charge is 2.29. The van der Waals surface area contributed by atoms with E-state index in [2.05, 4.69) is 5.32 Å². The average Bonchev–Trinajstić information content (AvgIpc) is 2.61. The summed E-state index contributed by atoms with van der Waals surface area (Å²) in [5.74, 6) is 0.889. The van der Waals surface area contributed by atoms with Crippen molar-refractivity contribution in [2.24, 2.45) is 0 Å². The van der Waals surface area contributed by atoms with Crippen LogP contribution < -0.4 is 19.7 Å². The van der Waals surface area contributed by atoms with E-state index in [1.165, 1.54) is 4.90 Å². The molecule has 0 radical (unpaired) electrons. The summed E-state index contributed by atoms with van der Waals surface area (Å²) < 4.78 is 11.0. The van der Waals surface area contributed by atoms with Crippen LogP contribution in [-0.4, -0.2) is 31.6 Å². The lowest BCUT2D eigenvalue weighted by molar-refractivity contribution is -0.125. The predicted octanol–water partition coefficient (Wildman–Crippen LogP) is 3.08. The first-order valence-electron chi connectivity index (χ1n) is 8.12. The van der Waals surface area contributed by atoms with Gasteiger partial charge in [-0.1, -0.05) is 6.07 Å². The Labute approximate surface area is 146 Å². The lowest BCUT2D eigenvalue weighted by Crippen LogP contribution is -2.41. The molecule has 0 bridgehead atoms. The highest BCUT2D eigenvalue weighted by molar-refractivity contribution is 6.05. The van der Waals surface area contributed by atoms with Gasteiger partial charge in [0.15, 0.2) is 6.10 Å². The van der Waals surface area contributed by atoms with Crippen molar-refractivity contribution in [1.29, 1.82) is 0 Å². The fourth-order valence-corrected chi connectivity index (χ4v) is 2.69. The number of anilines is 2. The maximum atomic E-state index is 12.5. The first-order valence-corrected chi connectivity index (χ1v) is 8.12. The number of carbonyl (C=O) groups is 2. The predicted molar refractivity (Wildman–Crippen MR) is 95.5 cm³/mol. The molecule has 2 amide bonds. The van der Waals surface area contributed by atoms with Gasteiger partial charge in [-0.15, -0.1) is 0 Å². The van der Waals surface area contributed by atoms with E-state index in [1.54, 1.807) is 56.4 Å². The van der Waals surface area contributed by atoms with Crippen molar-refractivity contribution in [3.05, 3.63) is 48.0 Å². The van der Waals surface area contributed by atoms with Crippen LogP contribution in [0.5, 0.6) is 11.5 Å². The molecule has 25 heavy (non-hydrogen) atoms. The Morgan fingerprint density at radius 1 is 1.28 bits per heavy atom. The summed E-state index contributed by atoms with van der Waals surface area (Å²) in [7, 11) is 1.69. The number of likely N-dealkylation sites (N-methyl/N-ethyl adjacent to an activating group) is 1. The minimum atomic E-state index is -0.515. The highest BCUT2D eigenvalue weighted by atomic mass is 16.5. The maximum absolute atomic E-state index is 12.5. The van der Waals surface area contributed by atoms with Crippen molar-refractivity contribution < 1.29 is 19.1 Å². The molecule has 2 aromatic rings. The van der Waals surface area contributed by atoms with Gasteiger partial charge in [-0.05, 0) is 50.2 Å². The number of amides is 2. The van der Waals surface area contributed by atoms with Crippen LogP contribution in [0.25, 0.3) is 0 Å². The smallest absolute Gasteiger partial charge is 0.267 e. The SMILES string of the molecule is CCOc1cccc(C(=O)Nc2ccc3c(c2)N(C)C(=O)[C@H](C)O3)c1. The molecule has 1 atom stereocenters. The second kappa shape index (κ2) is 6.84. The number of hydrogen-bond acceptors (Lipinski definition) is 4. The maximum Gasteiger partial charge on any atom is 0.267 e. The fraction of sp³-hybridized carbons (Fsp3) is 0.263. The normalized spacial score (nSPS) is 16.0. The van der Waals surface area contributed by atoms with Crippen LogP contribution in [0.3, 0.4) is 0 Å². The molecule has 1 N–H and O–H groups in total. The first-order chi connectivity index (χ1) is 12.0. The molecular formula is C19H20N2O4. The molecule has 2 aromatic carbocycles. The van der Waals surface area contributed by atoms with Gasteiger partial charge < -0.3 is 19.7 Å². The lowest BCUT2D eigenvalue weighted by Gasteiger charge is -2.30. The molecule has 0 saturated carbocycles. The molecule has 0 aromatic heterocycles. The second-order valence-corrected chi connectivity index (χ2v) is 5.75. The van der Waals surface area contributed by atoms with Crippen molar-refractivity contribution in [3.63, 3.8) is 0 Å². The third-order valence-electron chi connectivity index (χ3n) is 3.97. The Hall–Kier alpha value is -3.02. The summed E-state index contributed by atoms with van der Waals surface area (Å²) in [4.78, 5) is 26.0. The van der Waals surface area contributed by atoms with E-state index in [1.807, 2.05) is 6.92 Å². The molecular weight excluding hydrogens is 320 g/mol. The number of rotatable bonds is 4. The number of nitrogens with zero attached hydrogens (tertiary/aromatic N) is 1. The molecule has 1 heterocycles. The van der Waals surface area contributed by atoms with E-state index in [0.29, 0.717) is 35.0 Å². The van der Waals surface area contributed by atoms with Crippen molar-refractivity contribution in [1.82, 2.24) is 0 Å². The summed E-state index contributed by atoms with van der Waals surface area (Å²) in [6.07, 6.45) is -0.515. The van der Waals surface area contributed by atoms with Gasteiger partial charge >= 0.3 is 0 Å². The molecule has 1 aliphatic heterocycles. The van der Waals surface area contributed by atoms with Crippen molar-refractivity contribution in [2.45, 2.75) is 20.0 Å². The van der Waals surface area contributed by atoms with E-state index < -0.39 is 6.10 Å². The standard InChI is InChI=1S/C19H20N2O4/c1-4-24-15-7-5-6-13(10-15)18(22)20-14-8-9-17-16(11-14)21(3)19(23)12(2)25-17/h5-12H,4H2,1-3H3,(H,20,22)/t12-/m0/s1. The van der Waals surface area contributed by atoms with Gasteiger partial charge in [0.2, 0.25) is 0 Å². The molecule has 130 valence electrons. The monoisotopic (exact) mass is 340 g/mol. The van der Waals surface area contributed by atoms with Crippen LogP contribution in [0.1, 0.15) is 24.2 Å². The number of fused-ring (bicyclic) bond motifs is 1. The van der Waals surface area contributed by atoms with Crippen LogP contribution in [0.2, 0.25) is 0 Å². The summed E-state index contributed by atoms with van der Waals surface area (Å²) in [6, 6.07) is 12.2. The molecule has 0 spiro atoms. The Bertz CT molecular complexity index is 819. The Morgan fingerprint density at radius 3 is 2.84 bits per heavy atom. The van der Waals surface area contributed by atoms with Crippen molar-refractivity contribution in [3.8, 4) is 11.5 Å². The first kappa shape index (κ1) is 16.8. The highest BCUT2D eigenvalue weighted by Crippen LogP contribution is 2.35. The van der Waals surface area contributed by atoms with Gasteiger partial charge in [-0.3, -0.25) is 9.59 Å². The summed E-state index contributed by atoms with van der Waals surface area (Å²) >= 11 is 0. The van der Waals surface area contributed by atoms with E-state index in [4.69, 9.17) is 9.47 Å². The number of hydrogen-bond donors (Lipinski definition) is 1. The van der Waals surface area contributed by atoms with Crippen LogP contribution in [0, 0.1) is 0 Å². The van der Waals surface area contributed by atoms with E-state index in [9.17, 15) is 9.59 Å². The molecule has 0 saturated heterocycles. The Kier molecular flexibility index (Phi) is 4.61. The zero-order valence-corrected chi connectivity index (χ0v) is 14.4. The van der Waals surface area contributed by atoms with Crippen LogP contribution in [0.4, 0.5) is 11.4 Å². The average molecular weight is 340 g/mol. The number of ether oxygens (including phenoxy) is 2. The summed E-state index contributed by atoms with van der Waals surface area (Å²) in [5, 5.41) is 2.84. The molecule has 3 rings (SSSR count). The summed E-state index contributed by atoms with van der Waals surface area (Å²) in [6.45, 7) is 4.14. The van der Waals surface area contributed by atoms with Gasteiger partial charge in [0.1, 0.15) is 11.5 Å². The van der Waals surface area contributed by atoms with E-state index in [-0.39, 0.29) is 11.8 Å². The molecule has 0 fully saturated rings. The zero-order valence-electron chi connectivity index (χ0n) is 14.4. The topological polar surface area (TPSA) is 67.9 Å². The zero-order chi connectivity index (χ0) is 18.0. The van der Waals surface area contributed by atoms with Gasteiger partial charge in [-0.25, -0.2) is 0 Å². The minimum absolute atomic E-state index is 0.125. The number of benzene rings is 2. The fourth-order valence-electron chi connectivity index (χ4n) is 2.69. The van der Waals surface area contributed by atoms with Crippen LogP contribution in [-0.2, 0) is 4.79 Å². The van der Waals surface area contributed by atoms with Gasteiger partial charge in [0.05, 0.1) is 12.3 Å². The molecule has 0 aliphatic carbocycles. The third kappa shape index (κ3) is 3.42. The van der Waals surface area contributed by atoms with Crippen molar-refractivity contribution >= 4 is 23.2 Å². The third-order valence-corrected chi connectivity index (χ3v) is 3.97. The molecule has 6 heteroatoms. The molecule has 0 unspecified atom stereocenters. The molecule has 6 nitrogen and oxygen atoms in total. The number of nitrogens with one attached hydrogen (secondary N) is 1. The van der Waals surface area contributed by atoms with Gasteiger partial charge in [0, 0.05) is 18.3 Å². The molecule has 1 aliphatic rings. The summed E-state index contributed by atoms with van der Waals surface area (Å²) in [5.41, 5.74) is 1.71. The van der Waals surface area contributed by atoms with Crippen LogP contribution in [0.15, 0.2) is 42.5 Å². The van der Waals surface area contributed by atoms with Gasteiger partial charge in [-0.2, -0.15) is 0 Å². The Balaban J connectivity index is 1.81. The minimum Gasteiger partial charge on any atom is -0.494 e.